The molecule has 100 valence electrons. The summed E-state index contributed by atoms with van der Waals surface area (Å²) in [4.78, 5) is 12.4. The molecule has 0 aliphatic rings. The van der Waals surface area contributed by atoms with Crippen LogP contribution in [-0.4, -0.2) is 22.7 Å². The van der Waals surface area contributed by atoms with Crippen molar-refractivity contribution in [3.8, 4) is 5.75 Å². The van der Waals surface area contributed by atoms with Crippen molar-refractivity contribution < 1.29 is 9.53 Å². The molecule has 0 N–H and O–H groups in total. The van der Waals surface area contributed by atoms with Crippen LogP contribution in [-0.2, 0) is 13.5 Å². The van der Waals surface area contributed by atoms with E-state index in [1.54, 1.807) is 23.9 Å². The first-order chi connectivity index (χ1) is 9.04. The number of aryl methyl sites for hydroxylation is 2. The first-order valence-electron chi connectivity index (χ1n) is 5.88. The van der Waals surface area contributed by atoms with Crippen LogP contribution in [0.4, 0.5) is 0 Å². The third-order valence-electron chi connectivity index (χ3n) is 3.00. The molecule has 1 aromatic heterocycles. The highest BCUT2D eigenvalue weighted by atomic mass is 79.9. The van der Waals surface area contributed by atoms with Crippen LogP contribution >= 0.6 is 15.9 Å². The van der Waals surface area contributed by atoms with E-state index in [0.717, 1.165) is 15.9 Å². The summed E-state index contributed by atoms with van der Waals surface area (Å²) in [5, 5.41) is 4.29. The smallest absolute Gasteiger partial charge is 0.172 e. The quantitative estimate of drug-likeness (QED) is 0.813. The molecule has 0 saturated carbocycles. The summed E-state index contributed by atoms with van der Waals surface area (Å²) in [7, 11) is 3.40. The molecule has 0 aliphatic heterocycles. The zero-order valence-corrected chi connectivity index (χ0v) is 12.7. The Morgan fingerprint density at radius 2 is 2.11 bits per heavy atom. The van der Waals surface area contributed by atoms with Gasteiger partial charge in [-0.2, -0.15) is 5.10 Å². The maximum Gasteiger partial charge on any atom is 0.172 e. The zero-order valence-electron chi connectivity index (χ0n) is 11.1. The van der Waals surface area contributed by atoms with Gasteiger partial charge < -0.3 is 4.74 Å². The van der Waals surface area contributed by atoms with E-state index in [-0.39, 0.29) is 12.2 Å². The second kappa shape index (κ2) is 5.57. The number of hydrogen-bond donors (Lipinski definition) is 0. The third-order valence-corrected chi connectivity index (χ3v) is 4.03. The number of nitrogens with zero attached hydrogens (tertiary/aromatic N) is 2. The van der Waals surface area contributed by atoms with Gasteiger partial charge in [-0.15, -0.1) is 0 Å². The maximum absolute atomic E-state index is 12.4. The number of aromatic nitrogens is 2. The number of ether oxygens (including phenoxy) is 1. The first kappa shape index (κ1) is 13.8. The number of ketones is 1. The molecule has 1 heterocycles. The summed E-state index contributed by atoms with van der Waals surface area (Å²) in [5.41, 5.74) is 2.34. The number of halogens is 1. The Kier molecular flexibility index (Phi) is 4.04. The highest BCUT2D eigenvalue weighted by Crippen LogP contribution is 2.24. The SMILES string of the molecule is COc1ccccc1C(=O)Cc1c(Br)c(C)nn1C. The molecule has 5 heteroatoms. The molecular formula is C14H15BrN2O2. The summed E-state index contributed by atoms with van der Waals surface area (Å²) < 4.78 is 7.83. The van der Waals surface area contributed by atoms with Crippen LogP contribution < -0.4 is 4.74 Å². The van der Waals surface area contributed by atoms with Crippen molar-refractivity contribution in [1.29, 1.82) is 0 Å². The summed E-state index contributed by atoms with van der Waals surface area (Å²) in [6, 6.07) is 7.24. The molecule has 0 atom stereocenters. The highest BCUT2D eigenvalue weighted by Gasteiger charge is 2.17. The van der Waals surface area contributed by atoms with Gasteiger partial charge in [0.1, 0.15) is 5.75 Å². The van der Waals surface area contributed by atoms with Gasteiger partial charge in [0.2, 0.25) is 0 Å². The minimum Gasteiger partial charge on any atom is -0.496 e. The van der Waals surface area contributed by atoms with E-state index >= 15 is 0 Å². The predicted octanol–water partition coefficient (Wildman–Crippen LogP) is 2.93. The van der Waals surface area contributed by atoms with Crippen LogP contribution in [0.3, 0.4) is 0 Å². The number of carbonyl (C=O) groups excluding carboxylic acids is 1. The van der Waals surface area contributed by atoms with Gasteiger partial charge in [0.15, 0.2) is 5.78 Å². The molecule has 0 saturated heterocycles. The van der Waals surface area contributed by atoms with Gasteiger partial charge >= 0.3 is 0 Å². The van der Waals surface area contributed by atoms with Gasteiger partial charge in [0.05, 0.1) is 35.0 Å². The van der Waals surface area contributed by atoms with Crippen molar-refractivity contribution in [2.75, 3.05) is 7.11 Å². The zero-order chi connectivity index (χ0) is 14.0. The summed E-state index contributed by atoms with van der Waals surface area (Å²) in [6.45, 7) is 1.90. The lowest BCUT2D eigenvalue weighted by Crippen LogP contribution is -2.09. The molecule has 19 heavy (non-hydrogen) atoms. The van der Waals surface area contributed by atoms with Crippen molar-refractivity contribution in [3.05, 3.63) is 45.7 Å². The number of benzene rings is 1. The number of para-hydroxylation sites is 1. The van der Waals surface area contributed by atoms with Crippen molar-refractivity contribution >= 4 is 21.7 Å². The van der Waals surface area contributed by atoms with E-state index in [4.69, 9.17) is 4.74 Å². The maximum atomic E-state index is 12.4. The lowest BCUT2D eigenvalue weighted by molar-refractivity contribution is 0.0987. The fourth-order valence-corrected chi connectivity index (χ4v) is 2.47. The number of Topliss-reactive ketones (excluding diaryl/α,β-unsaturated/α-hetero) is 1. The Morgan fingerprint density at radius 1 is 1.42 bits per heavy atom. The number of hydrogen-bond acceptors (Lipinski definition) is 3. The van der Waals surface area contributed by atoms with E-state index < -0.39 is 0 Å². The van der Waals surface area contributed by atoms with Crippen molar-refractivity contribution in [2.24, 2.45) is 7.05 Å². The minimum absolute atomic E-state index is 0.0150. The standard InChI is InChI=1S/C14H15BrN2O2/c1-9-14(15)11(17(2)16-9)8-12(18)10-6-4-5-7-13(10)19-3/h4-7H,8H2,1-3H3. The van der Waals surface area contributed by atoms with Crippen LogP contribution in [0.5, 0.6) is 5.75 Å². The van der Waals surface area contributed by atoms with Crippen LogP contribution in [0.25, 0.3) is 0 Å². The van der Waals surface area contributed by atoms with Gasteiger partial charge in [0, 0.05) is 7.05 Å². The lowest BCUT2D eigenvalue weighted by atomic mass is 10.1. The van der Waals surface area contributed by atoms with Gasteiger partial charge in [-0.3, -0.25) is 9.48 Å². The minimum atomic E-state index is 0.0150. The normalized spacial score (nSPS) is 10.5. The van der Waals surface area contributed by atoms with Gasteiger partial charge in [-0.25, -0.2) is 0 Å². The van der Waals surface area contributed by atoms with Crippen LogP contribution in [0.2, 0.25) is 0 Å². The van der Waals surface area contributed by atoms with E-state index in [1.165, 1.54) is 0 Å². The highest BCUT2D eigenvalue weighted by molar-refractivity contribution is 9.10. The largest absolute Gasteiger partial charge is 0.496 e. The van der Waals surface area contributed by atoms with Crippen LogP contribution in [0.15, 0.2) is 28.7 Å². The Hall–Kier alpha value is -1.62. The fourth-order valence-electron chi connectivity index (χ4n) is 1.99. The molecule has 0 fully saturated rings. The van der Waals surface area contributed by atoms with Crippen molar-refractivity contribution in [1.82, 2.24) is 9.78 Å². The Morgan fingerprint density at radius 3 is 2.68 bits per heavy atom. The third kappa shape index (κ3) is 2.71. The first-order valence-corrected chi connectivity index (χ1v) is 6.68. The monoisotopic (exact) mass is 322 g/mol. The molecule has 0 spiro atoms. The second-order valence-electron chi connectivity index (χ2n) is 4.27. The molecule has 0 bridgehead atoms. The van der Waals surface area contributed by atoms with Crippen molar-refractivity contribution in [3.63, 3.8) is 0 Å². The van der Waals surface area contributed by atoms with Crippen LogP contribution in [0.1, 0.15) is 21.7 Å². The molecular weight excluding hydrogens is 308 g/mol. The van der Waals surface area contributed by atoms with E-state index in [9.17, 15) is 4.79 Å². The molecule has 2 rings (SSSR count). The second-order valence-corrected chi connectivity index (χ2v) is 5.06. The van der Waals surface area contributed by atoms with E-state index in [2.05, 4.69) is 21.0 Å². The molecule has 0 amide bonds. The fraction of sp³-hybridized carbons (Fsp3) is 0.286. The summed E-state index contributed by atoms with van der Waals surface area (Å²) in [6.07, 6.45) is 0.290. The Bertz CT molecular complexity index is 620. The van der Waals surface area contributed by atoms with E-state index in [0.29, 0.717) is 11.3 Å². The number of carbonyl (C=O) groups is 1. The molecule has 4 nitrogen and oxygen atoms in total. The topological polar surface area (TPSA) is 44.1 Å². The molecule has 0 aliphatic carbocycles. The predicted molar refractivity (Wildman–Crippen MR) is 76.7 cm³/mol. The summed E-state index contributed by atoms with van der Waals surface area (Å²) >= 11 is 3.47. The lowest BCUT2D eigenvalue weighted by Gasteiger charge is -2.07. The number of methoxy groups -OCH3 is 1. The average molecular weight is 323 g/mol. The molecule has 2 aromatic rings. The average Bonchev–Trinajstić information content (AvgIpc) is 2.65. The number of rotatable bonds is 4. The van der Waals surface area contributed by atoms with Gasteiger partial charge in [-0.1, -0.05) is 12.1 Å². The molecule has 0 unspecified atom stereocenters. The van der Waals surface area contributed by atoms with E-state index in [1.807, 2.05) is 26.1 Å². The Balaban J connectivity index is 2.31. The molecule has 0 radical (unpaired) electrons. The van der Waals surface area contributed by atoms with Gasteiger partial charge in [0.25, 0.3) is 0 Å². The summed E-state index contributed by atoms with van der Waals surface area (Å²) in [5.74, 6) is 0.615. The van der Waals surface area contributed by atoms with Crippen molar-refractivity contribution in [2.45, 2.75) is 13.3 Å². The van der Waals surface area contributed by atoms with Gasteiger partial charge in [-0.05, 0) is 35.0 Å². The molecule has 1 aromatic carbocycles. The Labute approximate surface area is 120 Å². The van der Waals surface area contributed by atoms with Crippen LogP contribution in [0, 0.1) is 6.92 Å².